The van der Waals surface area contributed by atoms with Crippen LogP contribution in [-0.4, -0.2) is 37.6 Å². The molecule has 0 radical (unpaired) electrons. The molecule has 1 atom stereocenters. The molecule has 1 unspecified atom stereocenters. The molecule has 1 N–H and O–H groups in total. The summed E-state index contributed by atoms with van der Waals surface area (Å²) in [6.45, 7) is 2.19. The molecule has 8 heteroatoms. The van der Waals surface area contributed by atoms with Crippen molar-refractivity contribution in [2.75, 3.05) is 25.7 Å². The van der Waals surface area contributed by atoms with Gasteiger partial charge in [0.25, 0.3) is 11.7 Å². The number of ether oxygens (including phenoxy) is 3. The number of benzene rings is 3. The molecule has 0 aliphatic carbocycles. The Hall–Kier alpha value is -4.33. The number of nitrogens with zero attached hydrogens (tertiary/aromatic N) is 1. The summed E-state index contributed by atoms with van der Waals surface area (Å²) in [7, 11) is 3.01. The number of amides is 1. The van der Waals surface area contributed by atoms with Gasteiger partial charge < -0.3 is 19.3 Å². The number of halogens is 1. The molecule has 1 saturated heterocycles. The lowest BCUT2D eigenvalue weighted by molar-refractivity contribution is -0.132. The standard InChI is InChI=1S/C27H24FNO6/c1-4-35-22-14-17(10-13-21(22)34-3)24-23(25(30)16-8-11-18(28)12-9-16)26(31)27(32)29(24)19-6-5-7-20(15-19)33-2/h5-15,24,30H,4H2,1-3H3/b25-23-. The zero-order valence-corrected chi connectivity index (χ0v) is 19.4. The summed E-state index contributed by atoms with van der Waals surface area (Å²) in [6.07, 6.45) is 0. The van der Waals surface area contributed by atoms with Crippen LogP contribution in [0.2, 0.25) is 0 Å². The van der Waals surface area contributed by atoms with E-state index in [1.54, 1.807) is 42.5 Å². The first-order chi connectivity index (χ1) is 16.9. The first-order valence-corrected chi connectivity index (χ1v) is 10.9. The predicted octanol–water partition coefficient (Wildman–Crippen LogP) is 4.87. The first-order valence-electron chi connectivity index (χ1n) is 10.9. The van der Waals surface area contributed by atoms with Gasteiger partial charge >= 0.3 is 0 Å². The summed E-state index contributed by atoms with van der Waals surface area (Å²) in [4.78, 5) is 27.9. The van der Waals surface area contributed by atoms with Gasteiger partial charge in [0.2, 0.25) is 0 Å². The van der Waals surface area contributed by atoms with Gasteiger partial charge in [0.05, 0.1) is 32.4 Å². The lowest BCUT2D eigenvalue weighted by atomic mass is 9.94. The van der Waals surface area contributed by atoms with Crippen molar-refractivity contribution in [1.29, 1.82) is 0 Å². The van der Waals surface area contributed by atoms with Crippen molar-refractivity contribution in [3.63, 3.8) is 0 Å². The molecule has 1 heterocycles. The van der Waals surface area contributed by atoms with Gasteiger partial charge in [-0.3, -0.25) is 14.5 Å². The number of Topliss-reactive ketones (excluding diaryl/α,β-unsaturated/α-hetero) is 1. The van der Waals surface area contributed by atoms with Crippen molar-refractivity contribution in [2.24, 2.45) is 0 Å². The van der Waals surface area contributed by atoms with Crippen LogP contribution in [0.5, 0.6) is 17.2 Å². The Morgan fingerprint density at radius 1 is 0.971 bits per heavy atom. The maximum absolute atomic E-state index is 13.5. The molecule has 0 spiro atoms. The topological polar surface area (TPSA) is 85.3 Å². The minimum atomic E-state index is -0.989. The Bertz CT molecular complexity index is 1300. The summed E-state index contributed by atoms with van der Waals surface area (Å²) in [5.41, 5.74) is 0.999. The highest BCUT2D eigenvalue weighted by atomic mass is 19.1. The molecule has 0 bridgehead atoms. The Balaban J connectivity index is 1.96. The average molecular weight is 477 g/mol. The van der Waals surface area contributed by atoms with Gasteiger partial charge in [-0.2, -0.15) is 0 Å². The van der Waals surface area contributed by atoms with Gasteiger partial charge in [-0.25, -0.2) is 4.39 Å². The summed E-state index contributed by atoms with van der Waals surface area (Å²) in [5.74, 6) is -1.20. The molecule has 1 fully saturated rings. The van der Waals surface area contributed by atoms with Crippen molar-refractivity contribution < 1.29 is 33.3 Å². The number of aliphatic hydroxyl groups is 1. The molecule has 1 aliphatic rings. The van der Waals surface area contributed by atoms with E-state index in [4.69, 9.17) is 14.2 Å². The fourth-order valence-electron chi connectivity index (χ4n) is 4.07. The van der Waals surface area contributed by atoms with E-state index >= 15 is 0 Å². The van der Waals surface area contributed by atoms with E-state index in [1.807, 2.05) is 6.92 Å². The molecule has 180 valence electrons. The summed E-state index contributed by atoms with van der Waals surface area (Å²) in [5, 5.41) is 11.1. The molecule has 1 aliphatic heterocycles. The van der Waals surface area contributed by atoms with E-state index in [9.17, 15) is 19.1 Å². The van der Waals surface area contributed by atoms with Crippen molar-refractivity contribution in [1.82, 2.24) is 0 Å². The van der Waals surface area contributed by atoms with Crippen molar-refractivity contribution in [2.45, 2.75) is 13.0 Å². The SMILES string of the molecule is CCOc1cc(C2/C(=C(/O)c3ccc(F)cc3)C(=O)C(=O)N2c2cccc(OC)c2)ccc1OC. The van der Waals surface area contributed by atoms with Crippen LogP contribution in [0.15, 0.2) is 72.3 Å². The predicted molar refractivity (Wildman–Crippen MR) is 128 cm³/mol. The van der Waals surface area contributed by atoms with Gasteiger partial charge in [-0.15, -0.1) is 0 Å². The fraction of sp³-hybridized carbons (Fsp3) is 0.185. The van der Waals surface area contributed by atoms with Crippen molar-refractivity contribution in [3.8, 4) is 17.2 Å². The van der Waals surface area contributed by atoms with E-state index in [1.165, 1.54) is 43.4 Å². The second kappa shape index (κ2) is 9.89. The minimum Gasteiger partial charge on any atom is -0.507 e. The maximum atomic E-state index is 13.5. The molecule has 35 heavy (non-hydrogen) atoms. The van der Waals surface area contributed by atoms with Gasteiger partial charge in [-0.1, -0.05) is 12.1 Å². The van der Waals surface area contributed by atoms with E-state index < -0.39 is 29.3 Å². The third kappa shape index (κ3) is 4.42. The van der Waals surface area contributed by atoms with E-state index in [0.717, 1.165) is 0 Å². The number of carbonyl (C=O) groups is 2. The zero-order chi connectivity index (χ0) is 25.1. The molecule has 0 aromatic heterocycles. The van der Waals surface area contributed by atoms with E-state index in [2.05, 4.69) is 0 Å². The second-order valence-electron chi connectivity index (χ2n) is 7.72. The van der Waals surface area contributed by atoms with Crippen LogP contribution < -0.4 is 19.1 Å². The number of rotatable bonds is 7. The lowest BCUT2D eigenvalue weighted by Crippen LogP contribution is -2.29. The van der Waals surface area contributed by atoms with Gasteiger partial charge in [0, 0.05) is 17.3 Å². The molecule has 3 aromatic carbocycles. The third-order valence-corrected chi connectivity index (χ3v) is 5.70. The molecule has 0 saturated carbocycles. The van der Waals surface area contributed by atoms with Crippen LogP contribution >= 0.6 is 0 Å². The highest BCUT2D eigenvalue weighted by Gasteiger charge is 2.47. The van der Waals surface area contributed by atoms with Crippen LogP contribution in [-0.2, 0) is 9.59 Å². The van der Waals surface area contributed by atoms with Crippen molar-refractivity contribution in [3.05, 3.63) is 89.2 Å². The average Bonchev–Trinajstić information content (AvgIpc) is 3.14. The number of hydrogen-bond donors (Lipinski definition) is 1. The number of aliphatic hydroxyl groups excluding tert-OH is 1. The number of hydrogen-bond acceptors (Lipinski definition) is 6. The van der Waals surface area contributed by atoms with Gasteiger partial charge in [0.1, 0.15) is 17.3 Å². The zero-order valence-electron chi connectivity index (χ0n) is 19.4. The molecular weight excluding hydrogens is 453 g/mol. The molecule has 7 nitrogen and oxygen atoms in total. The highest BCUT2D eigenvalue weighted by molar-refractivity contribution is 6.51. The molecular formula is C27H24FNO6. The second-order valence-corrected chi connectivity index (χ2v) is 7.72. The highest BCUT2D eigenvalue weighted by Crippen LogP contribution is 2.44. The smallest absolute Gasteiger partial charge is 0.300 e. The van der Waals surface area contributed by atoms with Crippen LogP contribution in [0.25, 0.3) is 5.76 Å². The number of ketones is 1. The Kier molecular flexibility index (Phi) is 6.73. The van der Waals surface area contributed by atoms with Gasteiger partial charge in [-0.05, 0) is 61.0 Å². The van der Waals surface area contributed by atoms with E-state index in [0.29, 0.717) is 35.1 Å². The van der Waals surface area contributed by atoms with Crippen LogP contribution in [0.1, 0.15) is 24.1 Å². The third-order valence-electron chi connectivity index (χ3n) is 5.70. The first kappa shape index (κ1) is 23.8. The summed E-state index contributed by atoms with van der Waals surface area (Å²) < 4.78 is 29.9. The Morgan fingerprint density at radius 3 is 2.37 bits per heavy atom. The van der Waals surface area contributed by atoms with E-state index in [-0.39, 0.29) is 11.1 Å². The maximum Gasteiger partial charge on any atom is 0.300 e. The summed E-state index contributed by atoms with van der Waals surface area (Å²) >= 11 is 0. The Morgan fingerprint density at radius 2 is 1.71 bits per heavy atom. The molecule has 3 aromatic rings. The number of anilines is 1. The van der Waals surface area contributed by atoms with Crippen LogP contribution in [0.4, 0.5) is 10.1 Å². The normalized spacial score (nSPS) is 16.9. The van der Waals surface area contributed by atoms with Crippen LogP contribution in [0.3, 0.4) is 0 Å². The van der Waals surface area contributed by atoms with Crippen molar-refractivity contribution >= 4 is 23.1 Å². The lowest BCUT2D eigenvalue weighted by Gasteiger charge is -2.26. The fourth-order valence-corrected chi connectivity index (χ4v) is 4.07. The molecule has 4 rings (SSSR count). The van der Waals surface area contributed by atoms with Gasteiger partial charge in [0.15, 0.2) is 11.5 Å². The van der Waals surface area contributed by atoms with Crippen LogP contribution in [0, 0.1) is 5.82 Å². The molecule has 1 amide bonds. The summed E-state index contributed by atoms with van der Waals surface area (Å²) in [6, 6.07) is 15.8. The monoisotopic (exact) mass is 477 g/mol. The largest absolute Gasteiger partial charge is 0.507 e. The quantitative estimate of drug-likeness (QED) is 0.297. The minimum absolute atomic E-state index is 0.128. The number of methoxy groups -OCH3 is 2. The Labute approximate surface area is 202 Å². The number of carbonyl (C=O) groups excluding carboxylic acids is 2.